The van der Waals surface area contributed by atoms with Crippen molar-refractivity contribution in [2.45, 2.75) is 103 Å². The van der Waals surface area contributed by atoms with Gasteiger partial charge in [-0.05, 0) is 48.3 Å². The van der Waals surface area contributed by atoms with Gasteiger partial charge in [0.2, 0.25) is 0 Å². The lowest BCUT2D eigenvalue weighted by atomic mass is 9.45. The number of Topliss-reactive ketones (excluding diaryl/α,β-unsaturated/α-hetero) is 1. The minimum Gasteiger partial charge on any atom is -0.394 e. The highest BCUT2D eigenvalue weighted by atomic mass is 16.7. The Hall–Kier alpha value is -0.870. The van der Waals surface area contributed by atoms with E-state index in [9.17, 15) is 30.3 Å². The summed E-state index contributed by atoms with van der Waals surface area (Å²) < 4.78 is 11.0. The van der Waals surface area contributed by atoms with Crippen molar-refractivity contribution in [3.8, 4) is 0 Å². The third kappa shape index (κ3) is 4.40. The van der Waals surface area contributed by atoms with E-state index in [-0.39, 0.29) is 17.4 Å². The molecule has 4 rings (SSSR count). The number of aliphatic hydroxyl groups is 5. The first-order chi connectivity index (χ1) is 15.8. The van der Waals surface area contributed by atoms with Gasteiger partial charge >= 0.3 is 0 Å². The van der Waals surface area contributed by atoms with Crippen molar-refractivity contribution in [2.24, 2.45) is 28.1 Å². The van der Waals surface area contributed by atoms with Crippen molar-refractivity contribution in [1.82, 2.24) is 0 Å². The fraction of sp³-hybridized carbons (Fsp3) is 0.885. The molecule has 2 saturated carbocycles. The smallest absolute Gasteiger partial charge is 0.186 e. The van der Waals surface area contributed by atoms with Crippen LogP contribution in [0.5, 0.6) is 0 Å². The molecule has 8 nitrogen and oxygen atoms in total. The molecule has 8 heteroatoms. The van der Waals surface area contributed by atoms with Crippen LogP contribution in [0.2, 0.25) is 0 Å². The van der Waals surface area contributed by atoms with Gasteiger partial charge in [-0.1, -0.05) is 39.3 Å². The van der Waals surface area contributed by atoms with E-state index in [0.29, 0.717) is 30.5 Å². The van der Waals surface area contributed by atoms with E-state index < -0.39 is 48.8 Å². The van der Waals surface area contributed by atoms with Crippen molar-refractivity contribution in [1.29, 1.82) is 0 Å². The average Bonchev–Trinajstić information content (AvgIpc) is 2.75. The second-order valence-corrected chi connectivity index (χ2v) is 12.3. The first kappa shape index (κ1) is 26.2. The zero-order valence-corrected chi connectivity index (χ0v) is 20.8. The number of fused-ring (bicyclic) bond motifs is 3. The first-order valence-electron chi connectivity index (χ1n) is 12.7. The van der Waals surface area contributed by atoms with Gasteiger partial charge in [0, 0.05) is 18.3 Å². The summed E-state index contributed by atoms with van der Waals surface area (Å²) in [5.74, 6) is 1.19. The van der Waals surface area contributed by atoms with E-state index in [2.05, 4.69) is 26.8 Å². The van der Waals surface area contributed by atoms with Crippen LogP contribution in [0, 0.1) is 28.1 Å². The van der Waals surface area contributed by atoms with Gasteiger partial charge in [0.15, 0.2) is 6.29 Å². The highest BCUT2D eigenvalue weighted by Crippen LogP contribution is 2.63. The van der Waals surface area contributed by atoms with Crippen molar-refractivity contribution in [2.75, 3.05) is 13.2 Å². The van der Waals surface area contributed by atoms with Gasteiger partial charge in [-0.3, -0.25) is 4.79 Å². The molecule has 0 radical (unpaired) electrons. The number of aliphatic hydroxyl groups excluding tert-OH is 5. The van der Waals surface area contributed by atoms with Gasteiger partial charge in [-0.15, -0.1) is 0 Å². The van der Waals surface area contributed by atoms with E-state index in [1.54, 1.807) is 0 Å². The van der Waals surface area contributed by atoms with E-state index in [1.807, 2.05) is 6.92 Å². The number of hydrogen-bond donors (Lipinski definition) is 5. The fourth-order valence-corrected chi connectivity index (χ4v) is 7.61. The number of rotatable bonds is 5. The van der Waals surface area contributed by atoms with E-state index in [0.717, 1.165) is 25.7 Å². The minimum atomic E-state index is -1.51. The van der Waals surface area contributed by atoms with Crippen LogP contribution in [-0.4, -0.2) is 81.3 Å². The Balaban J connectivity index is 1.46. The second kappa shape index (κ2) is 9.21. The van der Waals surface area contributed by atoms with Crippen LogP contribution in [0.25, 0.3) is 0 Å². The van der Waals surface area contributed by atoms with Gasteiger partial charge in [-0.2, -0.15) is 0 Å². The molecule has 10 atom stereocenters. The van der Waals surface area contributed by atoms with Crippen molar-refractivity contribution in [3.05, 3.63) is 11.6 Å². The monoisotopic (exact) mass is 482 g/mol. The lowest BCUT2D eigenvalue weighted by molar-refractivity contribution is -0.306. The van der Waals surface area contributed by atoms with Crippen LogP contribution in [0.1, 0.15) is 66.2 Å². The summed E-state index contributed by atoms with van der Waals surface area (Å²) in [4.78, 5) is 12.6. The number of hydrogen-bond acceptors (Lipinski definition) is 8. The molecule has 0 aromatic rings. The summed E-state index contributed by atoms with van der Waals surface area (Å²) >= 11 is 0. The maximum absolute atomic E-state index is 12.6. The summed E-state index contributed by atoms with van der Waals surface area (Å²) in [6, 6.07) is 0. The molecular formula is C26H42O8. The number of carbonyl (C=O) groups excluding carboxylic acids is 1. The molecule has 34 heavy (non-hydrogen) atoms. The maximum Gasteiger partial charge on any atom is 0.186 e. The van der Waals surface area contributed by atoms with E-state index >= 15 is 0 Å². The number of ether oxygens (including phenoxy) is 2. The molecule has 194 valence electrons. The fourth-order valence-electron chi connectivity index (χ4n) is 7.61. The second-order valence-electron chi connectivity index (χ2n) is 12.3. The average molecular weight is 483 g/mol. The summed E-state index contributed by atoms with van der Waals surface area (Å²) in [6.45, 7) is 8.09. The number of allylic oxidation sites excluding steroid dienone is 1. The molecule has 0 amide bonds. The SMILES string of the molecule is CC1(C)CC(=O)C[C@@]2(C)[C@@H]3CC[C@](C)([C@@H](O)CO[C@@H]4O[C@H](CO)[C@@H](O)[C@H](O)[C@H]4O)C=C3CC[C@H]12. The molecule has 3 aliphatic carbocycles. The Labute approximate surface area is 202 Å². The summed E-state index contributed by atoms with van der Waals surface area (Å²) in [5.41, 5.74) is 0.749. The van der Waals surface area contributed by atoms with Crippen LogP contribution in [-0.2, 0) is 14.3 Å². The zero-order chi connectivity index (χ0) is 25.1. The topological polar surface area (TPSA) is 137 Å². The molecule has 1 heterocycles. The molecule has 4 aliphatic rings. The molecule has 0 aromatic heterocycles. The van der Waals surface area contributed by atoms with Crippen molar-refractivity contribution < 1.29 is 39.8 Å². The summed E-state index contributed by atoms with van der Waals surface area (Å²) in [5, 5.41) is 50.5. The lowest BCUT2D eigenvalue weighted by Gasteiger charge is -2.59. The van der Waals surface area contributed by atoms with Gasteiger partial charge in [0.1, 0.15) is 30.2 Å². The quantitative estimate of drug-likeness (QED) is 0.370. The van der Waals surface area contributed by atoms with Gasteiger partial charge in [-0.25, -0.2) is 0 Å². The zero-order valence-electron chi connectivity index (χ0n) is 20.8. The predicted octanol–water partition coefficient (Wildman–Crippen LogP) is 1.31. The molecule has 5 N–H and O–H groups in total. The third-order valence-electron chi connectivity index (χ3n) is 9.45. The van der Waals surface area contributed by atoms with Crippen molar-refractivity contribution in [3.63, 3.8) is 0 Å². The molecule has 0 unspecified atom stereocenters. The van der Waals surface area contributed by atoms with Crippen LogP contribution in [0.4, 0.5) is 0 Å². The van der Waals surface area contributed by atoms with E-state index in [1.165, 1.54) is 5.57 Å². The Bertz CT molecular complexity index is 809. The van der Waals surface area contributed by atoms with E-state index in [4.69, 9.17) is 9.47 Å². The minimum absolute atomic E-state index is 0.00905. The third-order valence-corrected chi connectivity index (χ3v) is 9.45. The molecule has 3 fully saturated rings. The molecule has 0 bridgehead atoms. The lowest BCUT2D eigenvalue weighted by Crippen LogP contribution is -2.59. The predicted molar refractivity (Wildman–Crippen MR) is 123 cm³/mol. The number of ketones is 1. The summed E-state index contributed by atoms with van der Waals surface area (Å²) in [7, 11) is 0. The Morgan fingerprint density at radius 3 is 2.47 bits per heavy atom. The Morgan fingerprint density at radius 1 is 1.09 bits per heavy atom. The van der Waals surface area contributed by atoms with Gasteiger partial charge < -0.3 is 35.0 Å². The number of carbonyl (C=O) groups is 1. The Morgan fingerprint density at radius 2 is 1.79 bits per heavy atom. The maximum atomic E-state index is 12.6. The molecule has 0 aromatic carbocycles. The van der Waals surface area contributed by atoms with Gasteiger partial charge in [0.25, 0.3) is 0 Å². The van der Waals surface area contributed by atoms with Crippen LogP contribution in [0.15, 0.2) is 11.6 Å². The van der Waals surface area contributed by atoms with Crippen molar-refractivity contribution >= 4 is 5.78 Å². The summed E-state index contributed by atoms with van der Waals surface area (Å²) in [6.07, 6.45) is -0.496. The highest BCUT2D eigenvalue weighted by molar-refractivity contribution is 5.81. The van der Waals surface area contributed by atoms with Crippen LogP contribution >= 0.6 is 0 Å². The normalized spacial score (nSPS) is 47.4. The molecule has 0 spiro atoms. The first-order valence-corrected chi connectivity index (χ1v) is 12.7. The van der Waals surface area contributed by atoms with Crippen LogP contribution < -0.4 is 0 Å². The Kier molecular flexibility index (Phi) is 7.10. The standard InChI is InChI=1S/C26H42O8/c1-24(2)10-15(28)11-26(4)16-7-8-25(3,9-14(16)5-6-18(24)26)19(29)13-33-23-22(32)21(31)20(30)17(12-27)34-23/h9,16-23,27,29-32H,5-8,10-13H2,1-4H3/t16-,17-,18-,19+,20-,21+,22-,23-,25+,26+/m1/s1. The molecular weight excluding hydrogens is 440 g/mol. The van der Waals surface area contributed by atoms with Gasteiger partial charge in [0.05, 0.1) is 19.3 Å². The highest BCUT2D eigenvalue weighted by Gasteiger charge is 2.57. The molecule has 1 saturated heterocycles. The largest absolute Gasteiger partial charge is 0.394 e. The van der Waals surface area contributed by atoms with Crippen LogP contribution in [0.3, 0.4) is 0 Å². The molecule has 1 aliphatic heterocycles.